The summed E-state index contributed by atoms with van der Waals surface area (Å²) in [6, 6.07) is 3.69. The van der Waals surface area contributed by atoms with E-state index in [2.05, 4.69) is 24.7 Å². The Balaban J connectivity index is 1.66. The minimum absolute atomic E-state index is 0.177. The van der Waals surface area contributed by atoms with E-state index in [0.29, 0.717) is 6.04 Å². The van der Waals surface area contributed by atoms with E-state index in [1.54, 1.807) is 24.8 Å². The zero-order valence-corrected chi connectivity index (χ0v) is 13.1. The zero-order valence-electron chi connectivity index (χ0n) is 12.3. The third-order valence-electron chi connectivity index (χ3n) is 3.90. The first-order valence-electron chi connectivity index (χ1n) is 7.09. The molecule has 0 aromatic carbocycles. The fourth-order valence-electron chi connectivity index (χ4n) is 2.60. The van der Waals surface area contributed by atoms with Crippen molar-refractivity contribution < 1.29 is 8.42 Å². The number of rotatable bonds is 4. The lowest BCUT2D eigenvalue weighted by Crippen LogP contribution is -2.35. The summed E-state index contributed by atoms with van der Waals surface area (Å²) < 4.78 is 27.5. The van der Waals surface area contributed by atoms with E-state index < -0.39 is 10.0 Å². The maximum absolute atomic E-state index is 11.7. The third kappa shape index (κ3) is 2.95. The third-order valence-corrected chi connectivity index (χ3v) is 5.30. The van der Waals surface area contributed by atoms with Crippen LogP contribution in [0.2, 0.25) is 0 Å². The van der Waals surface area contributed by atoms with E-state index in [4.69, 9.17) is 0 Å². The van der Waals surface area contributed by atoms with Gasteiger partial charge >= 0.3 is 0 Å². The Kier molecular flexibility index (Phi) is 4.08. The van der Waals surface area contributed by atoms with Crippen LogP contribution >= 0.6 is 0 Å². The highest BCUT2D eigenvalue weighted by molar-refractivity contribution is 7.89. The number of sulfonamides is 1. The lowest BCUT2D eigenvalue weighted by molar-refractivity contribution is 0.365. The molecule has 0 saturated carbocycles. The van der Waals surface area contributed by atoms with Gasteiger partial charge in [-0.3, -0.25) is 0 Å². The number of aromatic nitrogens is 4. The predicted molar refractivity (Wildman–Crippen MR) is 81.0 cm³/mol. The molecular weight excluding hydrogens is 304 g/mol. The second-order valence-corrected chi connectivity index (χ2v) is 7.04. The molecule has 1 aliphatic heterocycles. The van der Waals surface area contributed by atoms with Gasteiger partial charge in [-0.05, 0) is 32.0 Å². The van der Waals surface area contributed by atoms with Crippen LogP contribution in [0.25, 0.3) is 0 Å². The van der Waals surface area contributed by atoms with Gasteiger partial charge in [0.2, 0.25) is 10.0 Å². The monoisotopic (exact) mass is 322 g/mol. The van der Waals surface area contributed by atoms with Crippen LogP contribution in [0.5, 0.6) is 0 Å². The number of nitrogens with one attached hydrogen (secondary N) is 1. The van der Waals surface area contributed by atoms with Crippen molar-refractivity contribution >= 4 is 15.8 Å². The predicted octanol–water partition coefficient (Wildman–Crippen LogP) is 0.423. The molecule has 1 N–H and O–H groups in total. The first kappa shape index (κ1) is 14.9. The SMILES string of the molecule is CNS(=O)(=O)c1ccc(N2CCC(n3cncn3)CC2)nc1. The highest BCUT2D eigenvalue weighted by Crippen LogP contribution is 2.24. The fraction of sp³-hybridized carbons (Fsp3) is 0.462. The van der Waals surface area contributed by atoms with Gasteiger partial charge in [-0.2, -0.15) is 5.10 Å². The first-order valence-corrected chi connectivity index (χ1v) is 8.57. The molecule has 0 aliphatic carbocycles. The van der Waals surface area contributed by atoms with Crippen molar-refractivity contribution in [2.75, 3.05) is 25.0 Å². The Hall–Kier alpha value is -2.00. The number of nitrogens with zero attached hydrogens (tertiary/aromatic N) is 5. The molecule has 0 amide bonds. The number of anilines is 1. The van der Waals surface area contributed by atoms with E-state index in [1.165, 1.54) is 13.2 Å². The summed E-state index contributed by atoms with van der Waals surface area (Å²) in [5.41, 5.74) is 0. The van der Waals surface area contributed by atoms with Crippen molar-refractivity contribution in [3.63, 3.8) is 0 Å². The van der Waals surface area contributed by atoms with Crippen LogP contribution in [-0.2, 0) is 10.0 Å². The van der Waals surface area contributed by atoms with Crippen LogP contribution in [0.15, 0.2) is 35.9 Å². The topological polar surface area (TPSA) is 93.0 Å². The molecule has 9 heteroatoms. The van der Waals surface area contributed by atoms with Crippen LogP contribution < -0.4 is 9.62 Å². The Morgan fingerprint density at radius 1 is 1.27 bits per heavy atom. The molecule has 0 unspecified atom stereocenters. The first-order chi connectivity index (χ1) is 10.6. The van der Waals surface area contributed by atoms with Crippen LogP contribution in [0.1, 0.15) is 18.9 Å². The maximum Gasteiger partial charge on any atom is 0.241 e. The average Bonchev–Trinajstić information content (AvgIpc) is 3.10. The van der Waals surface area contributed by atoms with Gasteiger partial charge in [0.1, 0.15) is 23.4 Å². The zero-order chi connectivity index (χ0) is 15.6. The molecule has 0 atom stereocenters. The summed E-state index contributed by atoms with van der Waals surface area (Å²) in [5.74, 6) is 0.798. The molecule has 0 bridgehead atoms. The summed E-state index contributed by atoms with van der Waals surface area (Å²) >= 11 is 0. The van der Waals surface area contributed by atoms with Crippen LogP contribution in [-0.4, -0.2) is 48.3 Å². The molecule has 0 spiro atoms. The largest absolute Gasteiger partial charge is 0.356 e. The molecule has 2 aromatic heterocycles. The van der Waals surface area contributed by atoms with Crippen molar-refractivity contribution in [2.24, 2.45) is 0 Å². The number of pyridine rings is 1. The lowest BCUT2D eigenvalue weighted by atomic mass is 10.1. The van der Waals surface area contributed by atoms with E-state index in [-0.39, 0.29) is 4.90 Å². The molecule has 3 rings (SSSR count). The second kappa shape index (κ2) is 6.01. The number of hydrogen-bond acceptors (Lipinski definition) is 6. The standard InChI is InChI=1S/C13H18N6O2S/c1-14-22(20,21)12-2-3-13(16-8-12)18-6-4-11(5-7-18)19-10-15-9-17-19/h2-3,8-11,14H,4-7H2,1H3. The lowest BCUT2D eigenvalue weighted by Gasteiger charge is -2.32. The highest BCUT2D eigenvalue weighted by Gasteiger charge is 2.22. The summed E-state index contributed by atoms with van der Waals surface area (Å²) in [6.07, 6.45) is 6.61. The minimum atomic E-state index is -3.43. The smallest absolute Gasteiger partial charge is 0.241 e. The Morgan fingerprint density at radius 3 is 2.59 bits per heavy atom. The quantitative estimate of drug-likeness (QED) is 0.877. The molecule has 22 heavy (non-hydrogen) atoms. The van der Waals surface area contributed by atoms with Gasteiger partial charge in [-0.25, -0.2) is 27.8 Å². The van der Waals surface area contributed by atoms with E-state index in [0.717, 1.165) is 31.7 Å². The number of hydrogen-bond donors (Lipinski definition) is 1. The molecule has 3 heterocycles. The number of piperidine rings is 1. The molecule has 118 valence electrons. The normalized spacial score (nSPS) is 16.9. The van der Waals surface area contributed by atoms with Crippen molar-refractivity contribution in [1.82, 2.24) is 24.5 Å². The van der Waals surface area contributed by atoms with Crippen LogP contribution in [0.3, 0.4) is 0 Å². The van der Waals surface area contributed by atoms with Gasteiger partial charge < -0.3 is 4.90 Å². The van der Waals surface area contributed by atoms with Crippen molar-refractivity contribution in [1.29, 1.82) is 0 Å². The summed E-state index contributed by atoms with van der Waals surface area (Å²) in [7, 11) is -2.05. The minimum Gasteiger partial charge on any atom is -0.356 e. The molecule has 8 nitrogen and oxygen atoms in total. The molecular formula is C13H18N6O2S. The van der Waals surface area contributed by atoms with Gasteiger partial charge in [0, 0.05) is 19.3 Å². The Bertz CT molecular complexity index is 705. The van der Waals surface area contributed by atoms with Gasteiger partial charge in [-0.15, -0.1) is 0 Å². The fourth-order valence-corrected chi connectivity index (χ4v) is 3.28. The van der Waals surface area contributed by atoms with Gasteiger partial charge in [0.15, 0.2) is 0 Å². The molecule has 1 saturated heterocycles. The van der Waals surface area contributed by atoms with Gasteiger partial charge in [-0.1, -0.05) is 0 Å². The summed E-state index contributed by atoms with van der Waals surface area (Å²) in [4.78, 5) is 10.6. The summed E-state index contributed by atoms with van der Waals surface area (Å²) in [5, 5.41) is 4.18. The van der Waals surface area contributed by atoms with E-state index >= 15 is 0 Å². The summed E-state index contributed by atoms with van der Waals surface area (Å²) in [6.45, 7) is 1.71. The Morgan fingerprint density at radius 2 is 2.05 bits per heavy atom. The maximum atomic E-state index is 11.7. The molecule has 2 aromatic rings. The molecule has 0 radical (unpaired) electrons. The average molecular weight is 322 g/mol. The van der Waals surface area contributed by atoms with E-state index in [1.807, 2.05) is 4.68 Å². The molecule has 1 fully saturated rings. The molecule has 1 aliphatic rings. The van der Waals surface area contributed by atoms with Gasteiger partial charge in [0.25, 0.3) is 0 Å². The Labute approximate surface area is 129 Å². The van der Waals surface area contributed by atoms with Gasteiger partial charge in [0.05, 0.1) is 6.04 Å². The van der Waals surface area contributed by atoms with E-state index in [9.17, 15) is 8.42 Å². The van der Waals surface area contributed by atoms with Crippen molar-refractivity contribution in [3.8, 4) is 0 Å². The van der Waals surface area contributed by atoms with Crippen molar-refractivity contribution in [2.45, 2.75) is 23.8 Å². The van der Waals surface area contributed by atoms with Crippen LogP contribution in [0.4, 0.5) is 5.82 Å². The van der Waals surface area contributed by atoms with Crippen molar-refractivity contribution in [3.05, 3.63) is 31.0 Å². The van der Waals surface area contributed by atoms with Crippen LogP contribution in [0, 0.1) is 0 Å². The second-order valence-electron chi connectivity index (χ2n) is 5.15. The highest BCUT2D eigenvalue weighted by atomic mass is 32.2.